The van der Waals surface area contributed by atoms with Crippen molar-refractivity contribution in [2.45, 2.75) is 6.92 Å². The van der Waals surface area contributed by atoms with Crippen molar-refractivity contribution in [2.75, 3.05) is 5.32 Å². The fourth-order valence-corrected chi connectivity index (χ4v) is 1.91. The Morgan fingerprint density at radius 2 is 2.11 bits per heavy atom. The van der Waals surface area contributed by atoms with Crippen LogP contribution in [0.3, 0.4) is 0 Å². The van der Waals surface area contributed by atoms with Crippen LogP contribution in [-0.2, 0) is 0 Å². The van der Waals surface area contributed by atoms with E-state index in [1.54, 1.807) is 12.3 Å². The lowest BCUT2D eigenvalue weighted by atomic mass is 10.2. The van der Waals surface area contributed by atoms with Gasteiger partial charge in [0.05, 0.1) is 16.9 Å². The van der Waals surface area contributed by atoms with E-state index in [1.165, 1.54) is 0 Å². The van der Waals surface area contributed by atoms with Crippen molar-refractivity contribution in [3.63, 3.8) is 0 Å². The fraction of sp³-hybridized carbons (Fsp3) is 0.0714. The molecule has 0 radical (unpaired) electrons. The first-order chi connectivity index (χ1) is 9.24. The number of benzene rings is 1. The monoisotopic (exact) mass is 252 g/mol. The lowest BCUT2D eigenvalue weighted by Crippen LogP contribution is -2.13. The van der Waals surface area contributed by atoms with E-state index in [2.05, 4.69) is 20.5 Å². The zero-order chi connectivity index (χ0) is 13.2. The summed E-state index contributed by atoms with van der Waals surface area (Å²) in [5.41, 5.74) is 2.83. The third-order valence-electron chi connectivity index (χ3n) is 2.91. The van der Waals surface area contributed by atoms with Crippen LogP contribution in [0.5, 0.6) is 0 Å². The fourth-order valence-electron chi connectivity index (χ4n) is 1.91. The van der Waals surface area contributed by atoms with Gasteiger partial charge in [-0.2, -0.15) is 5.10 Å². The minimum Gasteiger partial charge on any atom is -0.319 e. The normalized spacial score (nSPS) is 10.6. The van der Waals surface area contributed by atoms with Crippen LogP contribution in [-0.4, -0.2) is 21.1 Å². The van der Waals surface area contributed by atoms with Gasteiger partial charge in [-0.25, -0.2) is 0 Å². The molecule has 0 aliphatic carbocycles. The number of aromatic amines is 1. The van der Waals surface area contributed by atoms with Gasteiger partial charge in [-0.05, 0) is 25.1 Å². The Kier molecular flexibility index (Phi) is 2.72. The summed E-state index contributed by atoms with van der Waals surface area (Å²) in [5.74, 6) is -0.224. The predicted octanol–water partition coefficient (Wildman–Crippen LogP) is 2.52. The molecule has 0 aliphatic heterocycles. The number of nitrogens with zero attached hydrogens (tertiary/aromatic N) is 2. The van der Waals surface area contributed by atoms with Crippen LogP contribution in [0.15, 0.2) is 42.6 Å². The predicted molar refractivity (Wildman–Crippen MR) is 73.0 cm³/mol. The van der Waals surface area contributed by atoms with E-state index < -0.39 is 0 Å². The average molecular weight is 252 g/mol. The smallest absolute Gasteiger partial charge is 0.273 e. The number of rotatable bonds is 2. The van der Waals surface area contributed by atoms with Gasteiger partial charge in [0.2, 0.25) is 0 Å². The second kappa shape index (κ2) is 4.53. The summed E-state index contributed by atoms with van der Waals surface area (Å²) in [6, 6.07) is 11.3. The third kappa shape index (κ3) is 2.18. The molecule has 3 rings (SSSR count). The van der Waals surface area contributed by atoms with Crippen LogP contribution in [0.2, 0.25) is 0 Å². The van der Waals surface area contributed by atoms with Crippen molar-refractivity contribution in [2.24, 2.45) is 0 Å². The number of anilines is 1. The van der Waals surface area contributed by atoms with Gasteiger partial charge in [-0.1, -0.05) is 18.2 Å². The number of carbonyl (C=O) groups is 1. The molecule has 0 spiro atoms. The van der Waals surface area contributed by atoms with Crippen LogP contribution in [0.4, 0.5) is 5.69 Å². The first-order valence-electron chi connectivity index (χ1n) is 5.91. The van der Waals surface area contributed by atoms with E-state index in [9.17, 15) is 4.79 Å². The number of fused-ring (bicyclic) bond motifs is 1. The van der Waals surface area contributed by atoms with E-state index >= 15 is 0 Å². The Hall–Kier alpha value is -2.69. The molecule has 3 aromatic rings. The number of carbonyl (C=O) groups excluding carboxylic acids is 1. The molecule has 0 saturated heterocycles. The van der Waals surface area contributed by atoms with E-state index in [0.717, 1.165) is 16.6 Å². The molecule has 0 aliphatic rings. The molecule has 94 valence electrons. The molecule has 1 amide bonds. The van der Waals surface area contributed by atoms with Crippen LogP contribution in [0.25, 0.3) is 10.9 Å². The van der Waals surface area contributed by atoms with Gasteiger partial charge < -0.3 is 5.32 Å². The Labute approximate surface area is 109 Å². The first kappa shape index (κ1) is 11.4. The van der Waals surface area contributed by atoms with Gasteiger partial charge in [-0.15, -0.1) is 0 Å². The first-order valence-corrected chi connectivity index (χ1v) is 5.91. The van der Waals surface area contributed by atoms with Crippen LogP contribution in [0, 0.1) is 6.92 Å². The highest BCUT2D eigenvalue weighted by Crippen LogP contribution is 2.20. The molecule has 0 atom stereocenters. The molecule has 2 N–H and O–H groups in total. The molecule has 0 bridgehead atoms. The van der Waals surface area contributed by atoms with E-state index in [4.69, 9.17) is 0 Å². The summed E-state index contributed by atoms with van der Waals surface area (Å²) < 4.78 is 0. The average Bonchev–Trinajstić information content (AvgIpc) is 2.93. The second-order valence-corrected chi connectivity index (χ2v) is 4.24. The Bertz CT molecular complexity index is 734. The highest BCUT2D eigenvalue weighted by molar-refractivity contribution is 6.04. The van der Waals surface area contributed by atoms with Gasteiger partial charge in [0.15, 0.2) is 0 Å². The van der Waals surface area contributed by atoms with Crippen LogP contribution in [0.1, 0.15) is 16.2 Å². The Morgan fingerprint density at radius 1 is 1.26 bits per heavy atom. The van der Waals surface area contributed by atoms with E-state index in [1.807, 2.05) is 37.3 Å². The van der Waals surface area contributed by atoms with Crippen molar-refractivity contribution in [1.29, 1.82) is 0 Å². The van der Waals surface area contributed by atoms with Gasteiger partial charge in [0, 0.05) is 11.6 Å². The van der Waals surface area contributed by atoms with Crippen molar-refractivity contribution in [3.05, 3.63) is 54.0 Å². The minimum atomic E-state index is -0.224. The van der Waals surface area contributed by atoms with Crippen molar-refractivity contribution < 1.29 is 4.79 Å². The SMILES string of the molecule is Cc1nc2ccccc2cc1NC(=O)c1ccn[nH]1. The maximum absolute atomic E-state index is 12.0. The molecule has 5 nitrogen and oxygen atoms in total. The molecule has 2 heterocycles. The number of pyridine rings is 1. The maximum atomic E-state index is 12.0. The van der Waals surface area contributed by atoms with Crippen LogP contribution < -0.4 is 5.32 Å². The molecule has 5 heteroatoms. The van der Waals surface area contributed by atoms with Gasteiger partial charge in [-0.3, -0.25) is 14.9 Å². The molecule has 0 saturated carbocycles. The summed E-state index contributed by atoms with van der Waals surface area (Å²) in [5, 5.41) is 10.2. The number of aryl methyl sites for hydroxylation is 1. The maximum Gasteiger partial charge on any atom is 0.273 e. The molecule has 0 fully saturated rings. The molecular weight excluding hydrogens is 240 g/mol. The number of hydrogen-bond donors (Lipinski definition) is 2. The zero-order valence-corrected chi connectivity index (χ0v) is 10.3. The van der Waals surface area contributed by atoms with Crippen molar-refractivity contribution in [1.82, 2.24) is 15.2 Å². The van der Waals surface area contributed by atoms with Gasteiger partial charge in [0.25, 0.3) is 5.91 Å². The number of para-hydroxylation sites is 1. The highest BCUT2D eigenvalue weighted by Gasteiger charge is 2.10. The van der Waals surface area contributed by atoms with Crippen molar-refractivity contribution >= 4 is 22.5 Å². The number of aromatic nitrogens is 3. The zero-order valence-electron chi connectivity index (χ0n) is 10.3. The van der Waals surface area contributed by atoms with Gasteiger partial charge >= 0.3 is 0 Å². The lowest BCUT2D eigenvalue weighted by Gasteiger charge is -2.08. The topological polar surface area (TPSA) is 70.7 Å². The molecule has 19 heavy (non-hydrogen) atoms. The summed E-state index contributed by atoms with van der Waals surface area (Å²) in [6.45, 7) is 1.87. The third-order valence-corrected chi connectivity index (χ3v) is 2.91. The summed E-state index contributed by atoms with van der Waals surface area (Å²) >= 11 is 0. The summed E-state index contributed by atoms with van der Waals surface area (Å²) in [7, 11) is 0. The van der Waals surface area contributed by atoms with Crippen LogP contribution >= 0.6 is 0 Å². The quantitative estimate of drug-likeness (QED) is 0.736. The second-order valence-electron chi connectivity index (χ2n) is 4.24. The van der Waals surface area contributed by atoms with E-state index in [0.29, 0.717) is 11.4 Å². The lowest BCUT2D eigenvalue weighted by molar-refractivity contribution is 0.102. The van der Waals surface area contributed by atoms with Crippen molar-refractivity contribution in [3.8, 4) is 0 Å². The highest BCUT2D eigenvalue weighted by atomic mass is 16.1. The minimum absolute atomic E-state index is 0.224. The number of hydrogen-bond acceptors (Lipinski definition) is 3. The van der Waals surface area contributed by atoms with Gasteiger partial charge in [0.1, 0.15) is 5.69 Å². The summed E-state index contributed by atoms with van der Waals surface area (Å²) in [6.07, 6.45) is 1.54. The standard InChI is InChI=1S/C14H12N4O/c1-9-13(17-14(19)12-6-7-15-18-12)8-10-4-2-3-5-11(10)16-9/h2-8H,1H3,(H,15,18)(H,17,19). The summed E-state index contributed by atoms with van der Waals surface area (Å²) in [4.78, 5) is 16.4. The Balaban J connectivity index is 1.96. The Morgan fingerprint density at radius 3 is 2.89 bits per heavy atom. The van der Waals surface area contributed by atoms with E-state index in [-0.39, 0.29) is 5.91 Å². The number of nitrogens with one attached hydrogen (secondary N) is 2. The molecule has 2 aromatic heterocycles. The molecule has 0 unspecified atom stereocenters. The largest absolute Gasteiger partial charge is 0.319 e. The molecule has 1 aromatic carbocycles. The molecular formula is C14H12N4O. The number of amides is 1. The number of H-pyrrole nitrogens is 1.